The van der Waals surface area contributed by atoms with Gasteiger partial charge in [0.1, 0.15) is 17.2 Å². The minimum atomic E-state index is 0.180. The maximum Gasteiger partial charge on any atom is 0.146 e. The minimum absolute atomic E-state index is 0.180. The summed E-state index contributed by atoms with van der Waals surface area (Å²) in [6.07, 6.45) is 0. The molecule has 0 radical (unpaired) electrons. The van der Waals surface area contributed by atoms with Crippen LogP contribution in [-0.2, 0) is 0 Å². The summed E-state index contributed by atoms with van der Waals surface area (Å²) < 4.78 is 5.61. The van der Waals surface area contributed by atoms with Gasteiger partial charge in [-0.2, -0.15) is 5.26 Å². The van der Waals surface area contributed by atoms with E-state index in [0.29, 0.717) is 22.1 Å². The molecule has 0 unspecified atom stereocenters. The number of hydrogen-bond donors (Lipinski definition) is 1. The molecular weight excluding hydrogens is 294 g/mol. The molecule has 2 rings (SSSR count). The summed E-state index contributed by atoms with van der Waals surface area (Å²) in [7, 11) is 0. The second kappa shape index (κ2) is 6.56. The summed E-state index contributed by atoms with van der Waals surface area (Å²) >= 11 is 7.59. The van der Waals surface area contributed by atoms with Crippen molar-refractivity contribution in [3.63, 3.8) is 0 Å². The lowest BCUT2D eigenvalue weighted by atomic mass is 10.2. The van der Waals surface area contributed by atoms with Gasteiger partial charge in [0.15, 0.2) is 0 Å². The van der Waals surface area contributed by atoms with Crippen LogP contribution in [0, 0.1) is 11.3 Å². The van der Waals surface area contributed by atoms with Gasteiger partial charge in [-0.1, -0.05) is 18.5 Å². The first kappa shape index (κ1) is 14.6. The third kappa shape index (κ3) is 3.38. The first-order valence-electron chi connectivity index (χ1n) is 5.97. The number of rotatable bonds is 4. The minimum Gasteiger partial charge on any atom is -0.507 e. The van der Waals surface area contributed by atoms with Crippen LogP contribution in [0.5, 0.6) is 17.2 Å². The van der Waals surface area contributed by atoms with E-state index in [-0.39, 0.29) is 5.75 Å². The van der Waals surface area contributed by atoms with Crippen molar-refractivity contribution in [2.45, 2.75) is 11.8 Å². The Morgan fingerprint density at radius 2 is 2.10 bits per heavy atom. The standard InChI is InChI=1S/C15H12ClNO2S/c1-2-20-15-6-4-11(8-13(15)18)19-14-5-3-10(9-17)7-12(14)16/h3-8,18H,2H2,1H3. The Morgan fingerprint density at radius 3 is 2.70 bits per heavy atom. The second-order valence-electron chi connectivity index (χ2n) is 3.92. The zero-order valence-electron chi connectivity index (χ0n) is 10.8. The largest absolute Gasteiger partial charge is 0.507 e. The number of phenols is 1. The molecule has 20 heavy (non-hydrogen) atoms. The van der Waals surface area contributed by atoms with E-state index >= 15 is 0 Å². The molecule has 0 atom stereocenters. The molecule has 0 saturated carbocycles. The van der Waals surface area contributed by atoms with Crippen molar-refractivity contribution < 1.29 is 9.84 Å². The molecule has 0 spiro atoms. The Balaban J connectivity index is 2.22. The highest BCUT2D eigenvalue weighted by atomic mass is 35.5. The van der Waals surface area contributed by atoms with Gasteiger partial charge in [-0.25, -0.2) is 0 Å². The molecule has 0 amide bonds. The Hall–Kier alpha value is -1.83. The Kier molecular flexibility index (Phi) is 4.78. The van der Waals surface area contributed by atoms with Crippen LogP contribution >= 0.6 is 23.4 Å². The third-order valence-electron chi connectivity index (χ3n) is 2.52. The topological polar surface area (TPSA) is 53.2 Å². The van der Waals surface area contributed by atoms with Crippen LogP contribution in [0.2, 0.25) is 5.02 Å². The average Bonchev–Trinajstić information content (AvgIpc) is 2.44. The third-order valence-corrected chi connectivity index (χ3v) is 3.76. The van der Waals surface area contributed by atoms with Crippen LogP contribution in [0.25, 0.3) is 0 Å². The van der Waals surface area contributed by atoms with Crippen molar-refractivity contribution >= 4 is 23.4 Å². The fourth-order valence-electron chi connectivity index (χ4n) is 1.62. The zero-order valence-corrected chi connectivity index (χ0v) is 12.3. The molecule has 0 aliphatic rings. The normalized spacial score (nSPS) is 10.1. The number of aromatic hydroxyl groups is 1. The smallest absolute Gasteiger partial charge is 0.146 e. The van der Waals surface area contributed by atoms with Gasteiger partial charge >= 0.3 is 0 Å². The first-order chi connectivity index (χ1) is 9.63. The fourth-order valence-corrected chi connectivity index (χ4v) is 2.52. The van der Waals surface area contributed by atoms with E-state index in [2.05, 4.69) is 0 Å². The van der Waals surface area contributed by atoms with E-state index in [9.17, 15) is 5.11 Å². The molecule has 0 bridgehead atoms. The van der Waals surface area contributed by atoms with Crippen molar-refractivity contribution in [3.05, 3.63) is 47.0 Å². The Labute approximate surface area is 126 Å². The maximum atomic E-state index is 9.88. The van der Waals surface area contributed by atoms with E-state index < -0.39 is 0 Å². The number of benzene rings is 2. The van der Waals surface area contributed by atoms with Gasteiger partial charge in [-0.3, -0.25) is 0 Å². The van der Waals surface area contributed by atoms with E-state index in [0.717, 1.165) is 10.6 Å². The number of hydrogen-bond acceptors (Lipinski definition) is 4. The molecule has 5 heteroatoms. The van der Waals surface area contributed by atoms with Crippen molar-refractivity contribution in [3.8, 4) is 23.3 Å². The van der Waals surface area contributed by atoms with E-state index in [1.54, 1.807) is 42.1 Å². The van der Waals surface area contributed by atoms with Gasteiger partial charge in [0.2, 0.25) is 0 Å². The van der Waals surface area contributed by atoms with Crippen LogP contribution < -0.4 is 4.74 Å². The first-order valence-corrected chi connectivity index (χ1v) is 7.33. The second-order valence-corrected chi connectivity index (χ2v) is 5.63. The fraction of sp³-hybridized carbons (Fsp3) is 0.133. The number of nitrogens with zero attached hydrogens (tertiary/aromatic N) is 1. The van der Waals surface area contributed by atoms with Crippen molar-refractivity contribution in [2.75, 3.05) is 5.75 Å². The molecule has 2 aromatic rings. The molecule has 1 N–H and O–H groups in total. The average molecular weight is 306 g/mol. The summed E-state index contributed by atoms with van der Waals surface area (Å²) in [6, 6.07) is 11.9. The number of nitriles is 1. The molecule has 0 fully saturated rings. The molecule has 0 aromatic heterocycles. The molecule has 2 aromatic carbocycles. The molecule has 0 aliphatic heterocycles. The summed E-state index contributed by atoms with van der Waals surface area (Å²) in [5.74, 6) is 2.00. The van der Waals surface area contributed by atoms with Crippen LogP contribution in [0.15, 0.2) is 41.3 Å². The summed E-state index contributed by atoms with van der Waals surface area (Å²) in [6.45, 7) is 2.02. The van der Waals surface area contributed by atoms with E-state index in [1.807, 2.05) is 13.0 Å². The van der Waals surface area contributed by atoms with E-state index in [4.69, 9.17) is 21.6 Å². The predicted molar refractivity (Wildman–Crippen MR) is 80.7 cm³/mol. The zero-order chi connectivity index (χ0) is 14.5. The Morgan fingerprint density at radius 1 is 1.30 bits per heavy atom. The van der Waals surface area contributed by atoms with Crippen molar-refractivity contribution in [2.24, 2.45) is 0 Å². The molecule has 0 aliphatic carbocycles. The van der Waals surface area contributed by atoms with Gasteiger partial charge < -0.3 is 9.84 Å². The summed E-state index contributed by atoms with van der Waals surface area (Å²) in [5, 5.41) is 19.0. The van der Waals surface area contributed by atoms with Crippen LogP contribution in [0.1, 0.15) is 12.5 Å². The van der Waals surface area contributed by atoms with Crippen LogP contribution in [0.3, 0.4) is 0 Å². The molecule has 3 nitrogen and oxygen atoms in total. The van der Waals surface area contributed by atoms with Crippen LogP contribution in [0.4, 0.5) is 0 Å². The SMILES string of the molecule is CCSc1ccc(Oc2ccc(C#N)cc2Cl)cc1O. The lowest BCUT2D eigenvalue weighted by molar-refractivity contribution is 0.446. The number of halogens is 1. The number of thioether (sulfide) groups is 1. The maximum absolute atomic E-state index is 9.88. The molecular formula is C15H12ClNO2S. The molecule has 0 heterocycles. The lowest BCUT2D eigenvalue weighted by Gasteiger charge is -2.09. The van der Waals surface area contributed by atoms with Gasteiger partial charge in [-0.15, -0.1) is 11.8 Å². The number of phenolic OH excluding ortho intramolecular Hbond substituents is 1. The van der Waals surface area contributed by atoms with Crippen molar-refractivity contribution in [1.29, 1.82) is 5.26 Å². The highest BCUT2D eigenvalue weighted by Gasteiger charge is 2.07. The van der Waals surface area contributed by atoms with Gasteiger partial charge in [0.05, 0.1) is 16.7 Å². The monoisotopic (exact) mass is 305 g/mol. The summed E-state index contributed by atoms with van der Waals surface area (Å²) in [5.41, 5.74) is 0.472. The summed E-state index contributed by atoms with van der Waals surface area (Å²) in [4.78, 5) is 0.811. The van der Waals surface area contributed by atoms with E-state index in [1.165, 1.54) is 6.07 Å². The Bertz CT molecular complexity index is 667. The van der Waals surface area contributed by atoms with Gasteiger partial charge in [0, 0.05) is 11.0 Å². The highest BCUT2D eigenvalue weighted by molar-refractivity contribution is 7.99. The van der Waals surface area contributed by atoms with Gasteiger partial charge in [0.25, 0.3) is 0 Å². The predicted octanol–water partition coefficient (Wildman–Crippen LogP) is 4.82. The highest BCUT2D eigenvalue weighted by Crippen LogP contribution is 2.35. The molecule has 0 saturated heterocycles. The lowest BCUT2D eigenvalue weighted by Crippen LogP contribution is -1.87. The van der Waals surface area contributed by atoms with Crippen LogP contribution in [-0.4, -0.2) is 10.9 Å². The van der Waals surface area contributed by atoms with Crippen molar-refractivity contribution in [1.82, 2.24) is 0 Å². The van der Waals surface area contributed by atoms with Gasteiger partial charge in [-0.05, 0) is 36.1 Å². The molecule has 102 valence electrons. The number of ether oxygens (including phenoxy) is 1. The quantitative estimate of drug-likeness (QED) is 0.823.